The molecule has 2 amide bonds. The van der Waals surface area contributed by atoms with Crippen molar-refractivity contribution >= 4 is 34.9 Å². The number of carbonyl (C=O) groups excluding carboxylic acids is 2. The predicted octanol–water partition coefficient (Wildman–Crippen LogP) is 1.67. The first-order valence-electron chi connectivity index (χ1n) is 6.19. The summed E-state index contributed by atoms with van der Waals surface area (Å²) in [6, 6.07) is 1.76. The molecule has 1 aromatic heterocycles. The second-order valence-electron chi connectivity index (χ2n) is 4.74. The summed E-state index contributed by atoms with van der Waals surface area (Å²) < 4.78 is 0. The van der Waals surface area contributed by atoms with Crippen LogP contribution in [0.4, 0.5) is 0 Å². The fourth-order valence-corrected chi connectivity index (χ4v) is 3.90. The molecule has 1 saturated heterocycles. The van der Waals surface area contributed by atoms with Gasteiger partial charge in [0.05, 0.1) is 5.88 Å². The Morgan fingerprint density at radius 3 is 2.89 bits per heavy atom. The first kappa shape index (κ1) is 14.4. The highest BCUT2D eigenvalue weighted by atomic mass is 32.2. The summed E-state index contributed by atoms with van der Waals surface area (Å²) in [5, 5.41) is 4.08. The molecule has 1 atom stereocenters. The van der Waals surface area contributed by atoms with Gasteiger partial charge in [-0.3, -0.25) is 9.59 Å². The van der Waals surface area contributed by atoms with Gasteiger partial charge in [0.1, 0.15) is 6.04 Å². The maximum Gasteiger partial charge on any atom is 0.245 e. The van der Waals surface area contributed by atoms with Crippen LogP contribution in [0.2, 0.25) is 0 Å². The molecule has 0 radical (unpaired) electrons. The van der Waals surface area contributed by atoms with E-state index in [2.05, 4.69) is 5.38 Å². The van der Waals surface area contributed by atoms with Crippen LogP contribution >= 0.6 is 23.1 Å². The SMILES string of the molecule is CN(C)C(=O)[C@H]1CSCN1C(=O)CCc1ccsc1. The Labute approximate surface area is 121 Å². The van der Waals surface area contributed by atoms with Crippen molar-refractivity contribution in [2.75, 3.05) is 25.7 Å². The molecule has 0 aromatic carbocycles. The van der Waals surface area contributed by atoms with Crippen LogP contribution in [0.25, 0.3) is 0 Å². The lowest BCUT2D eigenvalue weighted by Gasteiger charge is -2.25. The summed E-state index contributed by atoms with van der Waals surface area (Å²) in [5.74, 6) is 1.44. The molecule has 1 aliphatic rings. The van der Waals surface area contributed by atoms with Gasteiger partial charge in [0.15, 0.2) is 0 Å². The number of amides is 2. The number of aryl methyl sites for hydroxylation is 1. The van der Waals surface area contributed by atoms with Gasteiger partial charge in [-0.05, 0) is 28.8 Å². The molecule has 1 aromatic rings. The Morgan fingerprint density at radius 2 is 2.26 bits per heavy atom. The second kappa shape index (κ2) is 6.43. The summed E-state index contributed by atoms with van der Waals surface area (Å²) in [4.78, 5) is 27.5. The van der Waals surface area contributed by atoms with Crippen LogP contribution in [0.5, 0.6) is 0 Å². The van der Waals surface area contributed by atoms with Crippen LogP contribution in [0.1, 0.15) is 12.0 Å². The molecule has 0 spiro atoms. The third-order valence-electron chi connectivity index (χ3n) is 3.14. The lowest BCUT2D eigenvalue weighted by Crippen LogP contribution is -2.46. The number of carbonyl (C=O) groups is 2. The van der Waals surface area contributed by atoms with Crippen LogP contribution in [-0.2, 0) is 16.0 Å². The van der Waals surface area contributed by atoms with Gasteiger partial charge in [0.2, 0.25) is 11.8 Å². The lowest BCUT2D eigenvalue weighted by atomic mass is 10.1. The van der Waals surface area contributed by atoms with E-state index in [-0.39, 0.29) is 17.9 Å². The van der Waals surface area contributed by atoms with E-state index in [1.54, 1.807) is 47.0 Å². The molecule has 0 bridgehead atoms. The molecule has 0 unspecified atom stereocenters. The van der Waals surface area contributed by atoms with Gasteiger partial charge in [-0.25, -0.2) is 0 Å². The Kier molecular flexibility index (Phi) is 4.87. The van der Waals surface area contributed by atoms with Gasteiger partial charge >= 0.3 is 0 Å². The highest BCUT2D eigenvalue weighted by Crippen LogP contribution is 2.23. The Balaban J connectivity index is 1.92. The third-order valence-corrected chi connectivity index (χ3v) is 4.88. The fourth-order valence-electron chi connectivity index (χ4n) is 2.02. The summed E-state index contributed by atoms with van der Waals surface area (Å²) in [5.41, 5.74) is 1.20. The topological polar surface area (TPSA) is 40.6 Å². The Hall–Kier alpha value is -1.01. The smallest absolute Gasteiger partial charge is 0.245 e. The molecule has 0 aliphatic carbocycles. The standard InChI is InChI=1S/C13H18N2O2S2/c1-14(2)13(17)11-8-19-9-15(11)12(16)4-3-10-5-6-18-7-10/h5-7,11H,3-4,8-9H2,1-2H3/t11-/m1/s1. The molecule has 2 rings (SSSR count). The van der Waals surface area contributed by atoms with Gasteiger partial charge in [0, 0.05) is 26.3 Å². The van der Waals surface area contributed by atoms with E-state index >= 15 is 0 Å². The van der Waals surface area contributed by atoms with E-state index in [1.165, 1.54) is 5.56 Å². The zero-order valence-corrected chi connectivity index (χ0v) is 12.8. The molecule has 104 valence electrons. The summed E-state index contributed by atoms with van der Waals surface area (Å²) in [6.07, 6.45) is 1.24. The van der Waals surface area contributed by atoms with Crippen LogP contribution in [0.3, 0.4) is 0 Å². The minimum Gasteiger partial charge on any atom is -0.347 e. The molecular formula is C13H18N2O2S2. The van der Waals surface area contributed by atoms with Crippen molar-refractivity contribution in [3.05, 3.63) is 22.4 Å². The zero-order chi connectivity index (χ0) is 13.8. The van der Waals surface area contributed by atoms with Gasteiger partial charge in [-0.15, -0.1) is 11.8 Å². The first-order chi connectivity index (χ1) is 9.09. The molecule has 6 heteroatoms. The van der Waals surface area contributed by atoms with Crippen molar-refractivity contribution in [3.8, 4) is 0 Å². The second-order valence-corrected chi connectivity index (χ2v) is 6.52. The first-order valence-corrected chi connectivity index (χ1v) is 8.29. The van der Waals surface area contributed by atoms with Crippen molar-refractivity contribution in [1.29, 1.82) is 0 Å². The van der Waals surface area contributed by atoms with Gasteiger partial charge in [0.25, 0.3) is 0 Å². The average Bonchev–Trinajstić information content (AvgIpc) is 3.05. The zero-order valence-electron chi connectivity index (χ0n) is 11.2. The maximum atomic E-state index is 12.2. The lowest BCUT2D eigenvalue weighted by molar-refractivity contribution is -0.141. The normalized spacial score (nSPS) is 18.6. The van der Waals surface area contributed by atoms with Crippen LogP contribution in [-0.4, -0.2) is 53.4 Å². The molecular weight excluding hydrogens is 280 g/mol. The van der Waals surface area contributed by atoms with Crippen molar-refractivity contribution in [3.63, 3.8) is 0 Å². The van der Waals surface area contributed by atoms with Crippen LogP contribution in [0, 0.1) is 0 Å². The molecule has 2 heterocycles. The highest BCUT2D eigenvalue weighted by Gasteiger charge is 2.34. The fraction of sp³-hybridized carbons (Fsp3) is 0.538. The molecule has 1 aliphatic heterocycles. The Bertz CT molecular complexity index is 446. The number of thiophene rings is 1. The number of rotatable bonds is 4. The van der Waals surface area contributed by atoms with Crippen molar-refractivity contribution < 1.29 is 9.59 Å². The van der Waals surface area contributed by atoms with E-state index in [1.807, 2.05) is 11.4 Å². The summed E-state index contributed by atoms with van der Waals surface area (Å²) in [6.45, 7) is 0. The van der Waals surface area contributed by atoms with E-state index < -0.39 is 0 Å². The van der Waals surface area contributed by atoms with Crippen molar-refractivity contribution in [1.82, 2.24) is 9.80 Å². The highest BCUT2D eigenvalue weighted by molar-refractivity contribution is 7.99. The maximum absolute atomic E-state index is 12.2. The molecule has 4 nitrogen and oxygen atoms in total. The van der Waals surface area contributed by atoms with Crippen molar-refractivity contribution in [2.45, 2.75) is 18.9 Å². The van der Waals surface area contributed by atoms with Gasteiger partial charge in [-0.1, -0.05) is 0 Å². The van der Waals surface area contributed by atoms with Crippen molar-refractivity contribution in [2.24, 2.45) is 0 Å². The minimum absolute atomic E-state index is 0.0221. The summed E-state index contributed by atoms with van der Waals surface area (Å²) >= 11 is 3.29. The third kappa shape index (κ3) is 3.51. The van der Waals surface area contributed by atoms with Gasteiger partial charge < -0.3 is 9.80 Å². The quantitative estimate of drug-likeness (QED) is 0.849. The van der Waals surface area contributed by atoms with Crippen LogP contribution in [0.15, 0.2) is 16.8 Å². The van der Waals surface area contributed by atoms with E-state index in [0.717, 1.165) is 6.42 Å². The largest absolute Gasteiger partial charge is 0.347 e. The Morgan fingerprint density at radius 1 is 1.47 bits per heavy atom. The number of nitrogens with zero attached hydrogens (tertiary/aromatic N) is 2. The molecule has 0 saturated carbocycles. The van der Waals surface area contributed by atoms with Crippen LogP contribution < -0.4 is 0 Å². The molecule has 0 N–H and O–H groups in total. The van der Waals surface area contributed by atoms with E-state index in [9.17, 15) is 9.59 Å². The van der Waals surface area contributed by atoms with E-state index in [4.69, 9.17) is 0 Å². The number of thioether (sulfide) groups is 1. The van der Waals surface area contributed by atoms with Gasteiger partial charge in [-0.2, -0.15) is 11.3 Å². The molecule has 19 heavy (non-hydrogen) atoms. The monoisotopic (exact) mass is 298 g/mol. The van der Waals surface area contributed by atoms with E-state index in [0.29, 0.717) is 18.1 Å². The average molecular weight is 298 g/mol. The predicted molar refractivity (Wildman–Crippen MR) is 79.3 cm³/mol. The number of hydrogen-bond acceptors (Lipinski definition) is 4. The minimum atomic E-state index is -0.282. The molecule has 1 fully saturated rings. The summed E-state index contributed by atoms with van der Waals surface area (Å²) in [7, 11) is 3.47. The number of likely N-dealkylation sites (N-methyl/N-ethyl adjacent to an activating group) is 1. The number of hydrogen-bond donors (Lipinski definition) is 0.